The summed E-state index contributed by atoms with van der Waals surface area (Å²) >= 11 is 6.65. The van der Waals surface area contributed by atoms with Gasteiger partial charge in [-0.15, -0.1) is 0 Å². The van der Waals surface area contributed by atoms with Gasteiger partial charge in [0.25, 0.3) is 0 Å². The van der Waals surface area contributed by atoms with Crippen molar-refractivity contribution in [3.05, 3.63) is 56.4 Å². The molecule has 82 valence electrons. The van der Waals surface area contributed by atoms with Crippen LogP contribution in [0.25, 0.3) is 0 Å². The largest absolute Gasteiger partial charge is 0.460 e. The van der Waals surface area contributed by atoms with Crippen molar-refractivity contribution < 1.29 is 9.21 Å². The third kappa shape index (κ3) is 2.13. The Morgan fingerprint density at radius 1 is 1.19 bits per heavy atom. The number of carbonyl (C=O) groups is 1. The van der Waals surface area contributed by atoms with E-state index in [2.05, 4.69) is 31.9 Å². The van der Waals surface area contributed by atoms with Crippen LogP contribution in [-0.2, 0) is 0 Å². The highest BCUT2D eigenvalue weighted by Gasteiger charge is 2.18. The molecule has 0 unspecified atom stereocenters. The molecule has 1 heterocycles. The summed E-state index contributed by atoms with van der Waals surface area (Å²) in [4.78, 5) is 12.1. The van der Waals surface area contributed by atoms with Crippen molar-refractivity contribution in [2.45, 2.75) is 6.92 Å². The van der Waals surface area contributed by atoms with E-state index in [1.807, 2.05) is 19.1 Å². The first-order valence-electron chi connectivity index (χ1n) is 4.63. The van der Waals surface area contributed by atoms with Crippen molar-refractivity contribution in [1.29, 1.82) is 0 Å². The standard InChI is InChI=1S/C12H8Br2O2/c1-7-2-3-8(10(14)6-7)11(15)12-9(13)4-5-16-12/h2-6H,1H3. The van der Waals surface area contributed by atoms with E-state index in [9.17, 15) is 4.79 Å². The van der Waals surface area contributed by atoms with Gasteiger partial charge < -0.3 is 4.42 Å². The number of hydrogen-bond donors (Lipinski definition) is 0. The Labute approximate surface area is 110 Å². The summed E-state index contributed by atoms with van der Waals surface area (Å²) in [6.07, 6.45) is 1.49. The van der Waals surface area contributed by atoms with Crippen molar-refractivity contribution in [1.82, 2.24) is 0 Å². The molecule has 1 aromatic heterocycles. The van der Waals surface area contributed by atoms with Crippen LogP contribution in [0.1, 0.15) is 21.7 Å². The smallest absolute Gasteiger partial charge is 0.230 e. The number of ketones is 1. The highest BCUT2D eigenvalue weighted by molar-refractivity contribution is 9.10. The Hall–Kier alpha value is -0.870. The van der Waals surface area contributed by atoms with Gasteiger partial charge in [-0.3, -0.25) is 4.79 Å². The first-order chi connectivity index (χ1) is 7.59. The van der Waals surface area contributed by atoms with Crippen LogP contribution in [0.15, 0.2) is 43.9 Å². The molecule has 0 aliphatic rings. The Balaban J connectivity index is 2.46. The van der Waals surface area contributed by atoms with Gasteiger partial charge in [-0.05, 0) is 46.6 Å². The number of halogens is 2. The lowest BCUT2D eigenvalue weighted by Crippen LogP contribution is -2.01. The predicted octanol–water partition coefficient (Wildman–Crippen LogP) is 4.34. The summed E-state index contributed by atoms with van der Waals surface area (Å²) in [5, 5.41) is 0. The maximum atomic E-state index is 12.1. The molecular weight excluding hydrogens is 336 g/mol. The minimum Gasteiger partial charge on any atom is -0.460 e. The minimum atomic E-state index is -0.135. The van der Waals surface area contributed by atoms with E-state index >= 15 is 0 Å². The number of furan rings is 1. The number of aryl methyl sites for hydroxylation is 1. The molecule has 4 heteroatoms. The normalized spacial score (nSPS) is 10.4. The van der Waals surface area contributed by atoms with Crippen LogP contribution in [0.2, 0.25) is 0 Å². The molecule has 0 radical (unpaired) electrons. The van der Waals surface area contributed by atoms with Crippen LogP contribution < -0.4 is 0 Å². The number of benzene rings is 1. The van der Waals surface area contributed by atoms with Crippen molar-refractivity contribution in [2.24, 2.45) is 0 Å². The zero-order valence-corrected chi connectivity index (χ0v) is 11.6. The molecule has 16 heavy (non-hydrogen) atoms. The third-order valence-electron chi connectivity index (χ3n) is 2.19. The molecule has 0 amide bonds. The predicted molar refractivity (Wildman–Crippen MR) is 68.7 cm³/mol. The zero-order valence-electron chi connectivity index (χ0n) is 8.46. The van der Waals surface area contributed by atoms with Gasteiger partial charge in [0.15, 0.2) is 5.76 Å². The topological polar surface area (TPSA) is 30.2 Å². The summed E-state index contributed by atoms with van der Waals surface area (Å²) in [6, 6.07) is 7.30. The summed E-state index contributed by atoms with van der Waals surface area (Å²) < 4.78 is 6.60. The van der Waals surface area contributed by atoms with Gasteiger partial charge in [0.2, 0.25) is 5.78 Å². The van der Waals surface area contributed by atoms with Crippen molar-refractivity contribution in [3.63, 3.8) is 0 Å². The van der Waals surface area contributed by atoms with Crippen molar-refractivity contribution in [2.75, 3.05) is 0 Å². The van der Waals surface area contributed by atoms with Gasteiger partial charge >= 0.3 is 0 Å². The van der Waals surface area contributed by atoms with E-state index in [1.54, 1.807) is 12.1 Å². The van der Waals surface area contributed by atoms with Gasteiger partial charge in [0, 0.05) is 10.0 Å². The average Bonchev–Trinajstić information content (AvgIpc) is 2.63. The fourth-order valence-electron chi connectivity index (χ4n) is 1.38. The van der Waals surface area contributed by atoms with E-state index in [0.717, 1.165) is 10.0 Å². The van der Waals surface area contributed by atoms with E-state index in [0.29, 0.717) is 15.8 Å². The number of carbonyl (C=O) groups excluding carboxylic acids is 1. The van der Waals surface area contributed by atoms with Gasteiger partial charge in [-0.25, -0.2) is 0 Å². The van der Waals surface area contributed by atoms with Crippen molar-refractivity contribution >= 4 is 37.6 Å². The molecule has 0 N–H and O–H groups in total. The monoisotopic (exact) mass is 342 g/mol. The number of hydrogen-bond acceptors (Lipinski definition) is 2. The maximum absolute atomic E-state index is 12.1. The molecule has 1 aromatic carbocycles. The molecule has 2 nitrogen and oxygen atoms in total. The molecule has 0 aliphatic carbocycles. The quantitative estimate of drug-likeness (QED) is 0.759. The molecule has 2 rings (SSSR count). The Morgan fingerprint density at radius 3 is 2.50 bits per heavy atom. The summed E-state index contributed by atoms with van der Waals surface area (Å²) in [5.74, 6) is 0.188. The fourth-order valence-corrected chi connectivity index (χ4v) is 2.44. The van der Waals surface area contributed by atoms with Crippen LogP contribution in [0.5, 0.6) is 0 Å². The lowest BCUT2D eigenvalue weighted by atomic mass is 10.1. The van der Waals surface area contributed by atoms with Gasteiger partial charge in [0.05, 0.1) is 10.7 Å². The van der Waals surface area contributed by atoms with E-state index in [4.69, 9.17) is 4.42 Å². The summed E-state index contributed by atoms with van der Waals surface area (Å²) in [6.45, 7) is 1.97. The second-order valence-corrected chi connectivity index (χ2v) is 5.12. The zero-order chi connectivity index (χ0) is 11.7. The van der Waals surface area contributed by atoms with Crippen LogP contribution in [0.3, 0.4) is 0 Å². The Kier molecular flexibility index (Phi) is 3.30. The summed E-state index contributed by atoms with van der Waals surface area (Å²) in [7, 11) is 0. The van der Waals surface area contributed by atoms with E-state index < -0.39 is 0 Å². The molecule has 0 aliphatic heterocycles. The second kappa shape index (κ2) is 4.55. The van der Waals surface area contributed by atoms with Crippen LogP contribution in [0, 0.1) is 6.92 Å². The minimum absolute atomic E-state index is 0.135. The average molecular weight is 344 g/mol. The first-order valence-corrected chi connectivity index (χ1v) is 6.22. The molecule has 0 atom stereocenters. The molecule has 0 spiro atoms. The lowest BCUT2D eigenvalue weighted by Gasteiger charge is -2.03. The SMILES string of the molecule is Cc1ccc(C(=O)c2occc2Br)c(Br)c1. The van der Waals surface area contributed by atoms with Crippen molar-refractivity contribution in [3.8, 4) is 0 Å². The van der Waals surface area contributed by atoms with Gasteiger partial charge in [0.1, 0.15) is 0 Å². The first kappa shape index (κ1) is 11.6. The second-order valence-electron chi connectivity index (χ2n) is 3.41. The maximum Gasteiger partial charge on any atom is 0.230 e. The molecular formula is C12H8Br2O2. The Bertz CT molecular complexity index is 544. The number of rotatable bonds is 2. The molecule has 0 saturated carbocycles. The third-order valence-corrected chi connectivity index (χ3v) is 3.47. The van der Waals surface area contributed by atoms with Gasteiger partial charge in [-0.2, -0.15) is 0 Å². The fraction of sp³-hybridized carbons (Fsp3) is 0.0833. The van der Waals surface area contributed by atoms with Crippen LogP contribution in [-0.4, -0.2) is 5.78 Å². The molecule has 0 saturated heterocycles. The highest BCUT2D eigenvalue weighted by atomic mass is 79.9. The van der Waals surface area contributed by atoms with Crippen LogP contribution in [0.4, 0.5) is 0 Å². The van der Waals surface area contributed by atoms with E-state index in [-0.39, 0.29) is 5.78 Å². The summed E-state index contributed by atoms with van der Waals surface area (Å²) in [5.41, 5.74) is 1.70. The molecule has 0 fully saturated rings. The van der Waals surface area contributed by atoms with E-state index in [1.165, 1.54) is 6.26 Å². The lowest BCUT2D eigenvalue weighted by molar-refractivity contribution is 0.101. The molecule has 0 bridgehead atoms. The Morgan fingerprint density at radius 2 is 1.94 bits per heavy atom. The van der Waals surface area contributed by atoms with Gasteiger partial charge in [-0.1, -0.05) is 22.0 Å². The van der Waals surface area contributed by atoms with Crippen LogP contribution >= 0.6 is 31.9 Å². The highest BCUT2D eigenvalue weighted by Crippen LogP contribution is 2.25. The molecule has 2 aromatic rings.